The lowest BCUT2D eigenvalue weighted by Crippen LogP contribution is -2.03. The SMILES string of the molecule is CC#CC(O)CCSC. The highest BCUT2D eigenvalue weighted by Gasteiger charge is 1.95. The summed E-state index contributed by atoms with van der Waals surface area (Å²) < 4.78 is 0. The quantitative estimate of drug-likeness (QED) is 0.599. The van der Waals surface area contributed by atoms with Gasteiger partial charge in [-0.25, -0.2) is 0 Å². The van der Waals surface area contributed by atoms with Gasteiger partial charge in [0.15, 0.2) is 0 Å². The molecule has 0 aromatic heterocycles. The molecule has 0 saturated heterocycles. The minimum Gasteiger partial charge on any atom is -0.380 e. The van der Waals surface area contributed by atoms with Gasteiger partial charge in [0.2, 0.25) is 0 Å². The molecule has 0 fully saturated rings. The molecule has 0 spiro atoms. The molecule has 0 amide bonds. The van der Waals surface area contributed by atoms with E-state index >= 15 is 0 Å². The molecule has 0 aromatic carbocycles. The van der Waals surface area contributed by atoms with Gasteiger partial charge in [-0.2, -0.15) is 11.8 Å². The Morgan fingerprint density at radius 3 is 2.78 bits per heavy atom. The van der Waals surface area contributed by atoms with Crippen molar-refractivity contribution in [1.82, 2.24) is 0 Å². The standard InChI is InChI=1S/C7H12OS/c1-3-4-7(8)5-6-9-2/h7-8H,5-6H2,1-2H3. The van der Waals surface area contributed by atoms with E-state index in [2.05, 4.69) is 11.8 Å². The fraction of sp³-hybridized carbons (Fsp3) is 0.714. The number of hydrogen-bond donors (Lipinski definition) is 1. The van der Waals surface area contributed by atoms with Crippen LogP contribution in [0.1, 0.15) is 13.3 Å². The van der Waals surface area contributed by atoms with Gasteiger partial charge in [-0.1, -0.05) is 5.92 Å². The van der Waals surface area contributed by atoms with Crippen LogP contribution in [0.15, 0.2) is 0 Å². The Kier molecular flexibility index (Phi) is 5.91. The molecule has 0 saturated carbocycles. The average Bonchev–Trinajstić information content (AvgIpc) is 1.85. The van der Waals surface area contributed by atoms with Crippen LogP contribution < -0.4 is 0 Å². The average molecular weight is 144 g/mol. The Balaban J connectivity index is 3.23. The van der Waals surface area contributed by atoms with E-state index in [0.29, 0.717) is 0 Å². The minimum absolute atomic E-state index is 0.414. The zero-order valence-electron chi connectivity index (χ0n) is 5.85. The van der Waals surface area contributed by atoms with Crippen molar-refractivity contribution in [2.24, 2.45) is 0 Å². The molecule has 9 heavy (non-hydrogen) atoms. The summed E-state index contributed by atoms with van der Waals surface area (Å²) in [5, 5.41) is 8.99. The first kappa shape index (κ1) is 8.87. The van der Waals surface area contributed by atoms with Gasteiger partial charge in [-0.15, -0.1) is 5.92 Å². The fourth-order valence-electron chi connectivity index (χ4n) is 0.468. The second kappa shape index (κ2) is 6.00. The van der Waals surface area contributed by atoms with Gasteiger partial charge in [-0.05, 0) is 25.4 Å². The molecule has 0 aliphatic heterocycles. The lowest BCUT2D eigenvalue weighted by atomic mass is 10.3. The lowest BCUT2D eigenvalue weighted by molar-refractivity contribution is 0.230. The molecule has 2 heteroatoms. The number of rotatable bonds is 3. The molecule has 52 valence electrons. The minimum atomic E-state index is -0.414. The van der Waals surface area contributed by atoms with Gasteiger partial charge in [0.25, 0.3) is 0 Å². The third-order valence-corrected chi connectivity index (χ3v) is 1.55. The van der Waals surface area contributed by atoms with E-state index in [9.17, 15) is 0 Å². The summed E-state index contributed by atoms with van der Waals surface area (Å²) in [7, 11) is 0. The van der Waals surface area contributed by atoms with Gasteiger partial charge < -0.3 is 5.11 Å². The van der Waals surface area contributed by atoms with Crippen LogP contribution in [0.25, 0.3) is 0 Å². The van der Waals surface area contributed by atoms with E-state index in [1.54, 1.807) is 18.7 Å². The molecule has 0 heterocycles. The van der Waals surface area contributed by atoms with Gasteiger partial charge in [0.1, 0.15) is 6.10 Å². The highest BCUT2D eigenvalue weighted by Crippen LogP contribution is 1.98. The predicted molar refractivity (Wildman–Crippen MR) is 42.5 cm³/mol. The first-order chi connectivity index (χ1) is 4.31. The first-order valence-electron chi connectivity index (χ1n) is 2.90. The van der Waals surface area contributed by atoms with E-state index in [1.807, 2.05) is 6.26 Å². The van der Waals surface area contributed by atoms with Crippen molar-refractivity contribution >= 4 is 11.8 Å². The Morgan fingerprint density at radius 2 is 2.33 bits per heavy atom. The fourth-order valence-corrected chi connectivity index (χ4v) is 0.927. The molecule has 0 bridgehead atoms. The van der Waals surface area contributed by atoms with E-state index < -0.39 is 6.10 Å². The topological polar surface area (TPSA) is 20.2 Å². The highest BCUT2D eigenvalue weighted by molar-refractivity contribution is 7.98. The Hall–Kier alpha value is -0.130. The maximum atomic E-state index is 8.99. The molecule has 0 radical (unpaired) electrons. The molecule has 0 aliphatic carbocycles. The zero-order valence-corrected chi connectivity index (χ0v) is 6.66. The van der Waals surface area contributed by atoms with Crippen LogP contribution in [0.2, 0.25) is 0 Å². The molecule has 0 rings (SSSR count). The molecule has 1 nitrogen and oxygen atoms in total. The summed E-state index contributed by atoms with van der Waals surface area (Å²) in [6.45, 7) is 1.74. The monoisotopic (exact) mass is 144 g/mol. The van der Waals surface area contributed by atoms with Crippen molar-refractivity contribution in [3.63, 3.8) is 0 Å². The van der Waals surface area contributed by atoms with E-state index in [4.69, 9.17) is 5.11 Å². The summed E-state index contributed by atoms with van der Waals surface area (Å²) >= 11 is 1.73. The normalized spacial score (nSPS) is 11.9. The molecule has 1 atom stereocenters. The molecule has 1 N–H and O–H groups in total. The van der Waals surface area contributed by atoms with Crippen LogP contribution >= 0.6 is 11.8 Å². The molecule has 0 aromatic rings. The van der Waals surface area contributed by atoms with Crippen molar-refractivity contribution in [3.8, 4) is 11.8 Å². The molecular formula is C7H12OS. The third-order valence-electron chi connectivity index (χ3n) is 0.906. The summed E-state index contributed by atoms with van der Waals surface area (Å²) in [6.07, 6.45) is 2.39. The summed E-state index contributed by atoms with van der Waals surface area (Å²) in [5.74, 6) is 6.32. The highest BCUT2D eigenvalue weighted by atomic mass is 32.2. The maximum Gasteiger partial charge on any atom is 0.115 e. The number of thioether (sulfide) groups is 1. The Bertz CT molecular complexity index is 112. The molecular weight excluding hydrogens is 132 g/mol. The number of hydrogen-bond acceptors (Lipinski definition) is 2. The van der Waals surface area contributed by atoms with Crippen LogP contribution in [-0.2, 0) is 0 Å². The van der Waals surface area contributed by atoms with Crippen molar-refractivity contribution in [1.29, 1.82) is 0 Å². The second-order valence-corrected chi connectivity index (χ2v) is 2.68. The van der Waals surface area contributed by atoms with Crippen LogP contribution in [0.5, 0.6) is 0 Å². The summed E-state index contributed by atoms with van der Waals surface area (Å²) in [6, 6.07) is 0. The lowest BCUT2D eigenvalue weighted by Gasteiger charge is -1.98. The van der Waals surface area contributed by atoms with Gasteiger partial charge in [0.05, 0.1) is 0 Å². The van der Waals surface area contributed by atoms with Gasteiger partial charge >= 0.3 is 0 Å². The second-order valence-electron chi connectivity index (χ2n) is 1.69. The first-order valence-corrected chi connectivity index (χ1v) is 4.30. The maximum absolute atomic E-state index is 8.99. The Labute approximate surface area is 60.8 Å². The van der Waals surface area contributed by atoms with E-state index in [0.717, 1.165) is 12.2 Å². The third kappa shape index (κ3) is 5.75. The van der Waals surface area contributed by atoms with E-state index in [-0.39, 0.29) is 0 Å². The van der Waals surface area contributed by atoms with E-state index in [1.165, 1.54) is 0 Å². The van der Waals surface area contributed by atoms with Crippen LogP contribution in [0, 0.1) is 11.8 Å². The predicted octanol–water partition coefficient (Wildman–Crippen LogP) is 1.12. The van der Waals surface area contributed by atoms with Crippen LogP contribution in [0.3, 0.4) is 0 Å². The number of aliphatic hydroxyl groups is 1. The van der Waals surface area contributed by atoms with Crippen molar-refractivity contribution in [2.75, 3.05) is 12.0 Å². The molecule has 1 unspecified atom stereocenters. The number of aliphatic hydroxyl groups excluding tert-OH is 1. The van der Waals surface area contributed by atoms with Crippen LogP contribution in [0.4, 0.5) is 0 Å². The molecule has 0 aliphatic rings. The smallest absolute Gasteiger partial charge is 0.115 e. The van der Waals surface area contributed by atoms with Gasteiger partial charge in [0, 0.05) is 0 Å². The van der Waals surface area contributed by atoms with Crippen LogP contribution in [-0.4, -0.2) is 23.2 Å². The Morgan fingerprint density at radius 1 is 1.67 bits per heavy atom. The zero-order chi connectivity index (χ0) is 7.11. The van der Waals surface area contributed by atoms with Crippen molar-refractivity contribution in [3.05, 3.63) is 0 Å². The van der Waals surface area contributed by atoms with Crippen molar-refractivity contribution in [2.45, 2.75) is 19.4 Å². The van der Waals surface area contributed by atoms with Crippen molar-refractivity contribution < 1.29 is 5.11 Å². The van der Waals surface area contributed by atoms with Gasteiger partial charge in [-0.3, -0.25) is 0 Å². The summed E-state index contributed by atoms with van der Waals surface area (Å²) in [5.41, 5.74) is 0. The largest absolute Gasteiger partial charge is 0.380 e. The summed E-state index contributed by atoms with van der Waals surface area (Å²) in [4.78, 5) is 0.